The van der Waals surface area contributed by atoms with Crippen molar-refractivity contribution in [2.45, 2.75) is 20.1 Å². The highest BCUT2D eigenvalue weighted by atomic mass is 79.9. The molecule has 4 rings (SSSR count). The maximum absolute atomic E-state index is 12.8. The number of amides is 1. The van der Waals surface area contributed by atoms with Gasteiger partial charge in [-0.25, -0.2) is 0 Å². The molecule has 0 aromatic heterocycles. The van der Waals surface area contributed by atoms with Crippen molar-refractivity contribution in [2.75, 3.05) is 33.3 Å². The fraction of sp³-hybridized carbons (Fsp3) is 0.276. The van der Waals surface area contributed by atoms with Gasteiger partial charge >= 0.3 is 0 Å². The van der Waals surface area contributed by atoms with Gasteiger partial charge in [-0.05, 0) is 54.0 Å². The van der Waals surface area contributed by atoms with E-state index in [9.17, 15) is 4.79 Å². The second-order valence-corrected chi connectivity index (χ2v) is 9.51. The third-order valence-corrected chi connectivity index (χ3v) is 7.01. The molecule has 1 amide bonds. The number of aryl methyl sites for hydroxylation is 1. The number of rotatable bonds is 8. The minimum Gasteiger partial charge on any atom is -0.496 e. The Bertz CT molecular complexity index is 1190. The van der Waals surface area contributed by atoms with Crippen LogP contribution in [0.5, 0.6) is 11.5 Å². The number of benzene rings is 3. The summed E-state index contributed by atoms with van der Waals surface area (Å²) in [6, 6.07) is 22.1. The fourth-order valence-corrected chi connectivity index (χ4v) is 4.57. The van der Waals surface area contributed by atoms with Crippen molar-refractivity contribution in [3.63, 3.8) is 0 Å². The highest BCUT2D eigenvalue weighted by molar-refractivity contribution is 9.10. The third-order valence-electron chi connectivity index (χ3n) is 6.24. The van der Waals surface area contributed by atoms with Gasteiger partial charge in [0.2, 0.25) is 5.91 Å². The molecule has 0 bridgehead atoms. The predicted molar refractivity (Wildman–Crippen MR) is 144 cm³/mol. The van der Waals surface area contributed by atoms with Gasteiger partial charge in [-0.2, -0.15) is 0 Å². The van der Waals surface area contributed by atoms with E-state index in [0.29, 0.717) is 6.61 Å². The van der Waals surface area contributed by atoms with Crippen LogP contribution < -0.4 is 9.47 Å². The maximum Gasteiger partial charge on any atom is 0.246 e. The number of nitrogens with zero attached hydrogens (tertiary/aromatic N) is 2. The van der Waals surface area contributed by atoms with E-state index in [1.807, 2.05) is 66.4 Å². The summed E-state index contributed by atoms with van der Waals surface area (Å²) in [5, 5.41) is 0. The fourth-order valence-electron chi connectivity index (χ4n) is 4.16. The average molecular weight is 535 g/mol. The summed E-state index contributed by atoms with van der Waals surface area (Å²) in [6.45, 7) is 6.49. The standard InChI is InChI=1S/C29H31BrN2O3/c1-22-7-3-6-10-27(22)35-21-25-19-23(11-13-28(25)34-2)12-14-29(33)32-17-15-31(16-18-32)20-24-8-4-5-9-26(24)30/h3-14,19H,15-18,20-21H2,1-2H3/b14-12+. The number of carbonyl (C=O) groups excluding carboxylic acids is 1. The van der Waals surface area contributed by atoms with Crippen LogP contribution >= 0.6 is 15.9 Å². The minimum atomic E-state index is 0.0408. The zero-order chi connectivity index (χ0) is 24.6. The van der Waals surface area contributed by atoms with E-state index in [-0.39, 0.29) is 5.91 Å². The molecule has 0 unspecified atom stereocenters. The van der Waals surface area contributed by atoms with Crippen LogP contribution in [0.1, 0.15) is 22.3 Å². The zero-order valence-electron chi connectivity index (χ0n) is 20.2. The van der Waals surface area contributed by atoms with Crippen molar-refractivity contribution < 1.29 is 14.3 Å². The van der Waals surface area contributed by atoms with Crippen LogP contribution in [-0.4, -0.2) is 49.0 Å². The Hall–Kier alpha value is -3.09. The van der Waals surface area contributed by atoms with Gasteiger partial charge in [-0.1, -0.05) is 58.4 Å². The number of methoxy groups -OCH3 is 1. The monoisotopic (exact) mass is 534 g/mol. The largest absolute Gasteiger partial charge is 0.496 e. The summed E-state index contributed by atoms with van der Waals surface area (Å²) in [5.74, 6) is 1.66. The van der Waals surface area contributed by atoms with Crippen molar-refractivity contribution in [2.24, 2.45) is 0 Å². The molecule has 3 aromatic carbocycles. The lowest BCUT2D eigenvalue weighted by molar-refractivity contribution is -0.127. The summed E-state index contributed by atoms with van der Waals surface area (Å²) in [6.07, 6.45) is 3.53. The molecule has 0 aliphatic carbocycles. The molecule has 0 saturated carbocycles. The Kier molecular flexibility index (Phi) is 8.61. The molecule has 0 N–H and O–H groups in total. The molecule has 35 heavy (non-hydrogen) atoms. The Morgan fingerprint density at radius 3 is 2.43 bits per heavy atom. The number of carbonyl (C=O) groups is 1. The molecule has 1 heterocycles. The highest BCUT2D eigenvalue weighted by Crippen LogP contribution is 2.24. The SMILES string of the molecule is COc1ccc(/C=C/C(=O)N2CCN(Cc3ccccc3Br)CC2)cc1COc1ccccc1C. The van der Waals surface area contributed by atoms with E-state index < -0.39 is 0 Å². The summed E-state index contributed by atoms with van der Waals surface area (Å²) < 4.78 is 12.7. The second-order valence-electron chi connectivity index (χ2n) is 8.65. The Morgan fingerprint density at radius 1 is 0.943 bits per heavy atom. The van der Waals surface area contributed by atoms with Gasteiger partial charge in [0.1, 0.15) is 18.1 Å². The summed E-state index contributed by atoms with van der Waals surface area (Å²) >= 11 is 3.62. The zero-order valence-corrected chi connectivity index (χ0v) is 21.8. The molecule has 0 radical (unpaired) electrons. The molecule has 0 atom stereocenters. The molecule has 6 heteroatoms. The lowest BCUT2D eigenvalue weighted by atomic mass is 10.1. The van der Waals surface area contributed by atoms with Crippen LogP contribution in [0, 0.1) is 6.92 Å². The first-order valence-corrected chi connectivity index (χ1v) is 12.6. The van der Waals surface area contributed by atoms with Gasteiger partial charge in [0.15, 0.2) is 0 Å². The van der Waals surface area contributed by atoms with E-state index >= 15 is 0 Å². The summed E-state index contributed by atoms with van der Waals surface area (Å²) in [7, 11) is 1.65. The lowest BCUT2D eigenvalue weighted by Gasteiger charge is -2.34. The second kappa shape index (κ2) is 12.0. The third kappa shape index (κ3) is 6.74. The molecule has 0 spiro atoms. The number of ether oxygens (including phenoxy) is 2. The normalized spacial score (nSPS) is 14.3. The van der Waals surface area contributed by atoms with E-state index in [1.165, 1.54) is 5.56 Å². The van der Waals surface area contributed by atoms with Crippen molar-refractivity contribution in [3.05, 3.63) is 99.5 Å². The Labute approximate surface area is 216 Å². The van der Waals surface area contributed by atoms with Gasteiger partial charge in [0.05, 0.1) is 7.11 Å². The molecule has 182 valence electrons. The molecule has 1 saturated heterocycles. The smallest absolute Gasteiger partial charge is 0.246 e. The molecule has 1 fully saturated rings. The number of piperazine rings is 1. The van der Waals surface area contributed by atoms with Gasteiger partial charge in [-0.15, -0.1) is 0 Å². The van der Waals surface area contributed by atoms with Crippen LogP contribution in [-0.2, 0) is 17.9 Å². The topological polar surface area (TPSA) is 42.0 Å². The molecular formula is C29H31BrN2O3. The van der Waals surface area contributed by atoms with Crippen molar-refractivity contribution >= 4 is 27.9 Å². The molecule has 1 aliphatic heterocycles. The summed E-state index contributed by atoms with van der Waals surface area (Å²) in [5.41, 5.74) is 4.24. The predicted octanol–water partition coefficient (Wildman–Crippen LogP) is 5.70. The van der Waals surface area contributed by atoms with Crippen LogP contribution in [0.4, 0.5) is 0 Å². The first-order chi connectivity index (χ1) is 17.0. The van der Waals surface area contributed by atoms with Crippen molar-refractivity contribution in [1.82, 2.24) is 9.80 Å². The summed E-state index contributed by atoms with van der Waals surface area (Å²) in [4.78, 5) is 17.1. The highest BCUT2D eigenvalue weighted by Gasteiger charge is 2.20. The van der Waals surface area contributed by atoms with E-state index in [2.05, 4.69) is 39.0 Å². The maximum atomic E-state index is 12.8. The number of halogens is 1. The molecule has 5 nitrogen and oxygen atoms in total. The van der Waals surface area contributed by atoms with E-state index in [1.54, 1.807) is 13.2 Å². The van der Waals surface area contributed by atoms with Gasteiger partial charge in [0, 0.05) is 48.8 Å². The van der Waals surface area contributed by atoms with E-state index in [0.717, 1.165) is 65.4 Å². The Morgan fingerprint density at radius 2 is 1.69 bits per heavy atom. The first-order valence-electron chi connectivity index (χ1n) is 11.8. The van der Waals surface area contributed by atoms with Crippen LogP contribution in [0.2, 0.25) is 0 Å². The van der Waals surface area contributed by atoms with Gasteiger partial charge in [0.25, 0.3) is 0 Å². The van der Waals surface area contributed by atoms with Gasteiger partial charge in [-0.3, -0.25) is 9.69 Å². The number of hydrogen-bond donors (Lipinski definition) is 0. The van der Waals surface area contributed by atoms with Crippen molar-refractivity contribution in [1.29, 1.82) is 0 Å². The number of para-hydroxylation sites is 1. The van der Waals surface area contributed by atoms with Gasteiger partial charge < -0.3 is 14.4 Å². The van der Waals surface area contributed by atoms with Crippen LogP contribution in [0.25, 0.3) is 6.08 Å². The molecule has 3 aromatic rings. The van der Waals surface area contributed by atoms with Crippen molar-refractivity contribution in [3.8, 4) is 11.5 Å². The van der Waals surface area contributed by atoms with E-state index in [4.69, 9.17) is 9.47 Å². The molecule has 1 aliphatic rings. The number of hydrogen-bond acceptors (Lipinski definition) is 4. The van der Waals surface area contributed by atoms with Crippen LogP contribution in [0.15, 0.2) is 77.3 Å². The first kappa shape index (κ1) is 25.0. The van der Waals surface area contributed by atoms with Crippen LogP contribution in [0.3, 0.4) is 0 Å². The minimum absolute atomic E-state index is 0.0408. The average Bonchev–Trinajstić information content (AvgIpc) is 2.88. The Balaban J connectivity index is 1.33. The molecular weight excluding hydrogens is 504 g/mol. The quantitative estimate of drug-likeness (QED) is 0.347. The lowest BCUT2D eigenvalue weighted by Crippen LogP contribution is -2.47.